The van der Waals surface area contributed by atoms with E-state index in [1.165, 1.54) is 24.8 Å². The summed E-state index contributed by atoms with van der Waals surface area (Å²) in [6.45, 7) is 5.30. The van der Waals surface area contributed by atoms with Crippen LogP contribution in [0.2, 0.25) is 0 Å². The lowest BCUT2D eigenvalue weighted by Gasteiger charge is -2.61. The molecule has 1 aromatic heterocycles. The van der Waals surface area contributed by atoms with Crippen molar-refractivity contribution in [3.05, 3.63) is 47.3 Å². The van der Waals surface area contributed by atoms with E-state index in [1.54, 1.807) is 0 Å². The van der Waals surface area contributed by atoms with Gasteiger partial charge in [0.1, 0.15) is 0 Å². The van der Waals surface area contributed by atoms with Gasteiger partial charge in [0.15, 0.2) is 0 Å². The number of rotatable bonds is 4. The fraction of sp³-hybridized carbons (Fsp3) is 0.500. The molecule has 4 rings (SSSR count). The summed E-state index contributed by atoms with van der Waals surface area (Å²) in [6.07, 6.45) is 4.97. The molecule has 0 radical (unpaired) electrons. The standard InChI is InChI=1S/C20H26N4O/c1-14-19(15(2)23-22-14)21-18(25)13-24-12-17-10-6-7-11-20(17,24)16-8-4-3-5-9-16/h3-5,8-9,17H,6-7,10-13H2,1-2H3,(H,21,25)(H,22,23)/t17-,20+/m1/s1. The molecule has 0 unspecified atom stereocenters. The smallest absolute Gasteiger partial charge is 0.238 e. The van der Waals surface area contributed by atoms with E-state index in [4.69, 9.17) is 0 Å². The molecule has 1 aromatic carbocycles. The zero-order valence-electron chi connectivity index (χ0n) is 15.0. The molecule has 2 atom stereocenters. The van der Waals surface area contributed by atoms with Crippen molar-refractivity contribution in [2.45, 2.75) is 45.1 Å². The highest BCUT2D eigenvalue weighted by atomic mass is 16.2. The van der Waals surface area contributed by atoms with Gasteiger partial charge in [-0.25, -0.2) is 0 Å². The van der Waals surface area contributed by atoms with Crippen LogP contribution < -0.4 is 5.32 Å². The first-order chi connectivity index (χ1) is 12.1. The minimum atomic E-state index is 0.0481. The van der Waals surface area contributed by atoms with Gasteiger partial charge in [0.25, 0.3) is 0 Å². The number of aromatic amines is 1. The number of nitrogens with zero attached hydrogens (tertiary/aromatic N) is 2. The molecule has 1 saturated heterocycles. The normalized spacial score (nSPS) is 25.9. The van der Waals surface area contributed by atoms with Gasteiger partial charge in [-0.3, -0.25) is 14.8 Å². The summed E-state index contributed by atoms with van der Waals surface area (Å²) in [5.41, 5.74) is 3.98. The summed E-state index contributed by atoms with van der Waals surface area (Å²) >= 11 is 0. The van der Waals surface area contributed by atoms with Crippen molar-refractivity contribution in [1.82, 2.24) is 15.1 Å². The van der Waals surface area contributed by atoms with Crippen LogP contribution in [0.25, 0.3) is 0 Å². The zero-order valence-corrected chi connectivity index (χ0v) is 15.0. The van der Waals surface area contributed by atoms with Gasteiger partial charge in [-0.15, -0.1) is 0 Å². The van der Waals surface area contributed by atoms with Crippen LogP contribution in [0.5, 0.6) is 0 Å². The van der Waals surface area contributed by atoms with Gasteiger partial charge >= 0.3 is 0 Å². The molecule has 1 amide bonds. The number of amides is 1. The number of hydrogen-bond donors (Lipinski definition) is 2. The molecule has 1 aliphatic heterocycles. The van der Waals surface area contributed by atoms with Crippen LogP contribution in [0, 0.1) is 19.8 Å². The number of anilines is 1. The van der Waals surface area contributed by atoms with E-state index in [0.29, 0.717) is 12.5 Å². The van der Waals surface area contributed by atoms with Crippen LogP contribution in [0.1, 0.15) is 42.6 Å². The molecule has 2 heterocycles. The van der Waals surface area contributed by atoms with Crippen LogP contribution in [-0.2, 0) is 10.3 Å². The first kappa shape index (κ1) is 16.3. The first-order valence-electron chi connectivity index (χ1n) is 9.23. The number of nitrogens with one attached hydrogen (secondary N) is 2. The van der Waals surface area contributed by atoms with Crippen LogP contribution >= 0.6 is 0 Å². The predicted molar refractivity (Wildman–Crippen MR) is 98.3 cm³/mol. The predicted octanol–water partition coefficient (Wildman–Crippen LogP) is 3.37. The van der Waals surface area contributed by atoms with E-state index in [2.05, 4.69) is 50.7 Å². The van der Waals surface area contributed by atoms with Gasteiger partial charge in [-0.2, -0.15) is 5.10 Å². The number of aromatic nitrogens is 2. The molecule has 1 aliphatic carbocycles. The van der Waals surface area contributed by atoms with Crippen LogP contribution in [0.4, 0.5) is 5.69 Å². The van der Waals surface area contributed by atoms with Crippen LogP contribution in [0.3, 0.4) is 0 Å². The maximum Gasteiger partial charge on any atom is 0.238 e. The number of benzene rings is 1. The number of hydrogen-bond acceptors (Lipinski definition) is 3. The Morgan fingerprint density at radius 1 is 1.32 bits per heavy atom. The van der Waals surface area contributed by atoms with Crippen molar-refractivity contribution in [2.75, 3.05) is 18.4 Å². The Bertz CT molecular complexity index is 750. The summed E-state index contributed by atoms with van der Waals surface area (Å²) in [7, 11) is 0. The first-order valence-corrected chi connectivity index (χ1v) is 9.23. The molecule has 2 N–H and O–H groups in total. The summed E-state index contributed by atoms with van der Waals surface area (Å²) in [5, 5.41) is 10.1. The fourth-order valence-electron chi connectivity index (χ4n) is 4.79. The van der Waals surface area contributed by atoms with Crippen molar-refractivity contribution in [3.63, 3.8) is 0 Å². The lowest BCUT2D eigenvalue weighted by atomic mass is 9.62. The largest absolute Gasteiger partial charge is 0.322 e. The monoisotopic (exact) mass is 338 g/mol. The molecule has 25 heavy (non-hydrogen) atoms. The van der Waals surface area contributed by atoms with E-state index in [-0.39, 0.29) is 11.4 Å². The van der Waals surface area contributed by atoms with E-state index >= 15 is 0 Å². The highest BCUT2D eigenvalue weighted by molar-refractivity contribution is 5.93. The Labute approximate surface area is 148 Å². The molecule has 132 valence electrons. The third-order valence-corrected chi connectivity index (χ3v) is 6.04. The second-order valence-electron chi connectivity index (χ2n) is 7.47. The molecular formula is C20H26N4O. The number of carbonyl (C=O) groups is 1. The number of aryl methyl sites for hydroxylation is 2. The Kier molecular flexibility index (Phi) is 4.12. The Hall–Kier alpha value is -2.14. The number of likely N-dealkylation sites (tertiary alicyclic amines) is 1. The molecule has 5 nitrogen and oxygen atoms in total. The van der Waals surface area contributed by atoms with Gasteiger partial charge < -0.3 is 5.32 Å². The summed E-state index contributed by atoms with van der Waals surface area (Å²) in [4.78, 5) is 15.1. The minimum Gasteiger partial charge on any atom is -0.322 e. The van der Waals surface area contributed by atoms with Crippen molar-refractivity contribution in [3.8, 4) is 0 Å². The minimum absolute atomic E-state index is 0.0481. The molecule has 5 heteroatoms. The maximum absolute atomic E-state index is 12.7. The van der Waals surface area contributed by atoms with Gasteiger partial charge in [0, 0.05) is 6.54 Å². The lowest BCUT2D eigenvalue weighted by molar-refractivity contribution is -0.138. The van der Waals surface area contributed by atoms with Crippen molar-refractivity contribution >= 4 is 11.6 Å². The fourth-order valence-corrected chi connectivity index (χ4v) is 4.79. The van der Waals surface area contributed by atoms with Gasteiger partial charge in [0.05, 0.1) is 29.2 Å². The molecular weight excluding hydrogens is 312 g/mol. The Morgan fingerprint density at radius 3 is 2.80 bits per heavy atom. The van der Waals surface area contributed by atoms with E-state index < -0.39 is 0 Å². The highest BCUT2D eigenvalue weighted by Gasteiger charge is 2.55. The quantitative estimate of drug-likeness (QED) is 0.898. The maximum atomic E-state index is 12.7. The molecule has 2 aliphatic rings. The number of H-pyrrole nitrogens is 1. The summed E-state index contributed by atoms with van der Waals surface area (Å²) < 4.78 is 0. The van der Waals surface area contributed by atoms with E-state index in [9.17, 15) is 4.79 Å². The van der Waals surface area contributed by atoms with Gasteiger partial charge in [0.2, 0.25) is 5.91 Å². The van der Waals surface area contributed by atoms with Crippen LogP contribution in [0.15, 0.2) is 30.3 Å². The third-order valence-electron chi connectivity index (χ3n) is 6.04. The molecule has 0 spiro atoms. The SMILES string of the molecule is Cc1n[nH]c(C)c1NC(=O)CN1C[C@H]2CCCC[C@]21c1ccccc1. The number of fused-ring (bicyclic) bond motifs is 1. The average Bonchev–Trinajstić information content (AvgIpc) is 2.92. The molecule has 0 bridgehead atoms. The van der Waals surface area contributed by atoms with Gasteiger partial charge in [-0.1, -0.05) is 43.2 Å². The Balaban J connectivity index is 1.53. The van der Waals surface area contributed by atoms with Crippen molar-refractivity contribution < 1.29 is 4.79 Å². The van der Waals surface area contributed by atoms with E-state index in [1.807, 2.05) is 13.8 Å². The topological polar surface area (TPSA) is 61.0 Å². The third kappa shape index (κ3) is 2.67. The van der Waals surface area contributed by atoms with E-state index in [0.717, 1.165) is 30.0 Å². The molecule has 1 saturated carbocycles. The molecule has 2 aromatic rings. The average molecular weight is 338 g/mol. The lowest BCUT2D eigenvalue weighted by Crippen LogP contribution is -2.67. The van der Waals surface area contributed by atoms with Gasteiger partial charge in [-0.05, 0) is 38.2 Å². The second-order valence-corrected chi connectivity index (χ2v) is 7.47. The Morgan fingerprint density at radius 2 is 2.12 bits per heavy atom. The number of carbonyl (C=O) groups excluding carboxylic acids is 1. The zero-order chi connectivity index (χ0) is 17.4. The van der Waals surface area contributed by atoms with Crippen LogP contribution in [-0.4, -0.2) is 34.1 Å². The summed E-state index contributed by atoms with van der Waals surface area (Å²) in [6, 6.07) is 10.8. The second kappa shape index (κ2) is 6.30. The van der Waals surface area contributed by atoms with Crippen molar-refractivity contribution in [1.29, 1.82) is 0 Å². The highest BCUT2D eigenvalue weighted by Crippen LogP contribution is 2.53. The summed E-state index contributed by atoms with van der Waals surface area (Å²) in [5.74, 6) is 0.723. The molecule has 2 fully saturated rings. The van der Waals surface area contributed by atoms with Crippen molar-refractivity contribution in [2.24, 2.45) is 5.92 Å².